The van der Waals surface area contributed by atoms with Crippen LogP contribution >= 0.6 is 11.6 Å². The summed E-state index contributed by atoms with van der Waals surface area (Å²) in [5.74, 6) is -0.609. The van der Waals surface area contributed by atoms with E-state index in [9.17, 15) is 14.4 Å². The number of nitrogens with one attached hydrogen (secondary N) is 1. The number of esters is 1. The number of aryl methyl sites for hydroxylation is 1. The molecule has 1 heterocycles. The Bertz CT molecular complexity index is 1040. The van der Waals surface area contributed by atoms with Crippen molar-refractivity contribution in [1.29, 1.82) is 0 Å². The van der Waals surface area contributed by atoms with E-state index in [1.807, 2.05) is 24.3 Å². The van der Waals surface area contributed by atoms with Crippen LogP contribution in [-0.4, -0.2) is 43.3 Å². The number of halogens is 1. The van der Waals surface area contributed by atoms with Crippen molar-refractivity contribution in [2.24, 2.45) is 12.5 Å². The van der Waals surface area contributed by atoms with Crippen LogP contribution < -0.4 is 10.9 Å². The second-order valence-corrected chi connectivity index (χ2v) is 9.10. The summed E-state index contributed by atoms with van der Waals surface area (Å²) in [6, 6.07) is 8.15. The third-order valence-electron chi connectivity index (χ3n) is 6.47. The molecule has 1 aromatic heterocycles. The standard InChI is InChI=1S/C25H31ClN2O5/c1-28-16-19(26)15-20(22(28)29)18-8-6-17(7-9-18)14-21(23(30)33-3)27-24(31)25(12-13-32-2)10-4-5-11-25/h6-9,15-16,21H,4-5,10-14H2,1-3H3,(H,27,31). The van der Waals surface area contributed by atoms with E-state index >= 15 is 0 Å². The van der Waals surface area contributed by atoms with E-state index in [4.69, 9.17) is 21.1 Å². The van der Waals surface area contributed by atoms with Gasteiger partial charge in [-0.2, -0.15) is 0 Å². The Labute approximate surface area is 199 Å². The number of amides is 1. The maximum Gasteiger partial charge on any atom is 0.328 e. The zero-order valence-electron chi connectivity index (χ0n) is 19.4. The molecule has 7 nitrogen and oxygen atoms in total. The maximum atomic E-state index is 13.2. The highest BCUT2D eigenvalue weighted by atomic mass is 35.5. The molecule has 1 unspecified atom stereocenters. The van der Waals surface area contributed by atoms with Gasteiger partial charge in [-0.15, -0.1) is 0 Å². The van der Waals surface area contributed by atoms with Crippen molar-refractivity contribution in [3.8, 4) is 11.1 Å². The van der Waals surface area contributed by atoms with Crippen LogP contribution in [0.15, 0.2) is 41.3 Å². The summed E-state index contributed by atoms with van der Waals surface area (Å²) in [5.41, 5.74) is 1.41. The fourth-order valence-electron chi connectivity index (χ4n) is 4.52. The van der Waals surface area contributed by atoms with Crippen molar-refractivity contribution in [3.63, 3.8) is 0 Å². The Balaban J connectivity index is 1.78. The lowest BCUT2D eigenvalue weighted by Crippen LogP contribution is -2.49. The number of nitrogens with zero attached hydrogens (tertiary/aromatic N) is 1. The Morgan fingerprint density at radius 1 is 1.18 bits per heavy atom. The average molecular weight is 475 g/mol. The molecule has 33 heavy (non-hydrogen) atoms. The fourth-order valence-corrected chi connectivity index (χ4v) is 4.78. The van der Waals surface area contributed by atoms with Gasteiger partial charge in [0.25, 0.3) is 5.56 Å². The molecule has 0 bridgehead atoms. The van der Waals surface area contributed by atoms with Gasteiger partial charge in [0.05, 0.1) is 17.5 Å². The number of carbonyl (C=O) groups excluding carboxylic acids is 2. The third-order valence-corrected chi connectivity index (χ3v) is 6.68. The lowest BCUT2D eigenvalue weighted by molar-refractivity contribution is -0.146. The summed E-state index contributed by atoms with van der Waals surface area (Å²) in [6.45, 7) is 0.501. The highest BCUT2D eigenvalue weighted by Gasteiger charge is 2.42. The van der Waals surface area contributed by atoms with Crippen LogP contribution in [0.3, 0.4) is 0 Å². The Hall–Kier alpha value is -2.64. The summed E-state index contributed by atoms with van der Waals surface area (Å²) in [5, 5.41) is 3.41. The molecule has 0 aliphatic heterocycles. The van der Waals surface area contributed by atoms with Crippen molar-refractivity contribution < 1.29 is 19.1 Å². The van der Waals surface area contributed by atoms with Crippen LogP contribution in [0.25, 0.3) is 11.1 Å². The minimum atomic E-state index is -0.799. The Morgan fingerprint density at radius 2 is 1.85 bits per heavy atom. The molecule has 0 spiro atoms. The van der Waals surface area contributed by atoms with Crippen LogP contribution in [0.5, 0.6) is 0 Å². The van der Waals surface area contributed by atoms with Crippen LogP contribution in [0.1, 0.15) is 37.7 Å². The topological polar surface area (TPSA) is 86.6 Å². The van der Waals surface area contributed by atoms with Crippen molar-refractivity contribution >= 4 is 23.5 Å². The van der Waals surface area contributed by atoms with E-state index in [-0.39, 0.29) is 17.9 Å². The molecule has 1 atom stereocenters. The van der Waals surface area contributed by atoms with Crippen molar-refractivity contribution in [1.82, 2.24) is 9.88 Å². The van der Waals surface area contributed by atoms with Gasteiger partial charge in [0.1, 0.15) is 6.04 Å². The van der Waals surface area contributed by atoms with E-state index < -0.39 is 17.4 Å². The number of ether oxygens (including phenoxy) is 2. The van der Waals surface area contributed by atoms with Crippen LogP contribution in [0.4, 0.5) is 0 Å². The molecule has 1 N–H and O–H groups in total. The van der Waals surface area contributed by atoms with Crippen LogP contribution in [-0.2, 0) is 32.5 Å². The van der Waals surface area contributed by atoms with Gasteiger partial charge in [0.2, 0.25) is 5.91 Å². The van der Waals surface area contributed by atoms with Gasteiger partial charge < -0.3 is 19.4 Å². The largest absolute Gasteiger partial charge is 0.467 e. The quantitative estimate of drug-likeness (QED) is 0.562. The number of methoxy groups -OCH3 is 2. The monoisotopic (exact) mass is 474 g/mol. The molecule has 2 aromatic rings. The first-order valence-corrected chi connectivity index (χ1v) is 11.5. The number of rotatable bonds is 9. The first-order chi connectivity index (χ1) is 15.8. The summed E-state index contributed by atoms with van der Waals surface area (Å²) in [4.78, 5) is 38.1. The van der Waals surface area contributed by atoms with Gasteiger partial charge in [-0.25, -0.2) is 4.79 Å². The number of hydrogen-bond acceptors (Lipinski definition) is 5. The highest BCUT2D eigenvalue weighted by molar-refractivity contribution is 6.30. The van der Waals surface area contributed by atoms with E-state index in [2.05, 4.69) is 5.32 Å². The fraction of sp³-hybridized carbons (Fsp3) is 0.480. The Morgan fingerprint density at radius 3 is 2.45 bits per heavy atom. The Kier molecular flexibility index (Phi) is 8.32. The number of aromatic nitrogens is 1. The molecule has 1 fully saturated rings. The van der Waals surface area contributed by atoms with Crippen molar-refractivity contribution in [2.75, 3.05) is 20.8 Å². The zero-order valence-corrected chi connectivity index (χ0v) is 20.1. The number of benzene rings is 1. The van der Waals surface area contributed by atoms with Crippen LogP contribution in [0, 0.1) is 5.41 Å². The van der Waals surface area contributed by atoms with Gasteiger partial charge in [-0.05, 0) is 36.5 Å². The molecule has 0 radical (unpaired) electrons. The predicted octanol–water partition coefficient (Wildman–Crippen LogP) is 3.50. The normalized spacial score (nSPS) is 15.8. The average Bonchev–Trinajstić information content (AvgIpc) is 3.30. The second kappa shape index (κ2) is 11.0. The van der Waals surface area contributed by atoms with Gasteiger partial charge in [-0.1, -0.05) is 48.7 Å². The predicted molar refractivity (Wildman–Crippen MR) is 127 cm³/mol. The summed E-state index contributed by atoms with van der Waals surface area (Å²) < 4.78 is 11.6. The first-order valence-electron chi connectivity index (χ1n) is 11.1. The number of hydrogen-bond donors (Lipinski definition) is 1. The lowest BCUT2D eigenvalue weighted by atomic mass is 9.81. The lowest BCUT2D eigenvalue weighted by Gasteiger charge is -2.29. The van der Waals surface area contributed by atoms with Crippen LogP contribution in [0.2, 0.25) is 5.02 Å². The summed E-state index contributed by atoms with van der Waals surface area (Å²) in [7, 11) is 4.59. The van der Waals surface area contributed by atoms with Gasteiger partial charge in [0, 0.05) is 38.9 Å². The molecule has 1 amide bonds. The molecule has 1 aliphatic carbocycles. The van der Waals surface area contributed by atoms with E-state index in [0.29, 0.717) is 23.6 Å². The molecular formula is C25H31ClN2O5. The minimum absolute atomic E-state index is 0.119. The molecule has 1 aromatic carbocycles. The third kappa shape index (κ3) is 5.84. The molecule has 1 aliphatic rings. The second-order valence-electron chi connectivity index (χ2n) is 8.67. The van der Waals surface area contributed by atoms with Gasteiger partial charge in [-0.3, -0.25) is 9.59 Å². The highest BCUT2D eigenvalue weighted by Crippen LogP contribution is 2.41. The maximum absolute atomic E-state index is 13.2. The van der Waals surface area contributed by atoms with Crippen molar-refractivity contribution in [3.05, 3.63) is 57.5 Å². The molecule has 178 valence electrons. The van der Waals surface area contributed by atoms with E-state index in [0.717, 1.165) is 36.8 Å². The SMILES string of the molecule is COCCC1(C(=O)NC(Cc2ccc(-c3cc(Cl)cn(C)c3=O)cc2)C(=O)OC)CCCC1. The molecular weight excluding hydrogens is 444 g/mol. The summed E-state index contributed by atoms with van der Waals surface area (Å²) in [6.07, 6.45) is 6.04. The minimum Gasteiger partial charge on any atom is -0.467 e. The number of carbonyl (C=O) groups is 2. The van der Waals surface area contributed by atoms with Gasteiger partial charge >= 0.3 is 5.97 Å². The zero-order chi connectivity index (χ0) is 24.0. The molecule has 8 heteroatoms. The number of pyridine rings is 1. The van der Waals surface area contributed by atoms with Gasteiger partial charge in [0.15, 0.2) is 0 Å². The smallest absolute Gasteiger partial charge is 0.328 e. The first kappa shape index (κ1) is 25.0. The molecule has 3 rings (SSSR count). The molecule has 1 saturated carbocycles. The summed E-state index contributed by atoms with van der Waals surface area (Å²) >= 11 is 6.11. The van der Waals surface area contributed by atoms with Crippen molar-refractivity contribution in [2.45, 2.75) is 44.6 Å². The van der Waals surface area contributed by atoms with E-state index in [1.54, 1.807) is 26.4 Å². The van der Waals surface area contributed by atoms with E-state index in [1.165, 1.54) is 11.7 Å². The molecule has 0 saturated heterocycles.